The number of H-pyrrole nitrogens is 1. The number of aryl methyl sites for hydroxylation is 1. The number of benzene rings is 1. The average molecular weight is 394 g/mol. The summed E-state index contributed by atoms with van der Waals surface area (Å²) in [6.07, 6.45) is 5.50. The van der Waals surface area contributed by atoms with Gasteiger partial charge < -0.3 is 14.9 Å². The molecule has 3 aromatic heterocycles. The first-order valence-corrected chi connectivity index (χ1v) is 9.81. The molecule has 7 heteroatoms. The summed E-state index contributed by atoms with van der Waals surface area (Å²) < 4.78 is 1.91. The van der Waals surface area contributed by atoms with Gasteiger partial charge >= 0.3 is 0 Å². The zero-order chi connectivity index (χ0) is 19.4. The SMILES string of the molecule is Cc1c[nH]c2ncnc(NC(C)c3cc4cccc(Cl)c4c(=O)n3C3CC3)c12. The molecular formula is C21H20ClN5O. The minimum atomic E-state index is -0.107. The van der Waals surface area contributed by atoms with Crippen molar-refractivity contribution in [1.82, 2.24) is 19.5 Å². The third kappa shape index (κ3) is 2.67. The van der Waals surface area contributed by atoms with Gasteiger partial charge in [-0.15, -0.1) is 0 Å². The second-order valence-electron chi connectivity index (χ2n) is 7.46. The number of hydrogen-bond donors (Lipinski definition) is 2. The van der Waals surface area contributed by atoms with Crippen molar-refractivity contribution in [2.24, 2.45) is 0 Å². The summed E-state index contributed by atoms with van der Waals surface area (Å²) in [6, 6.07) is 7.80. The second kappa shape index (κ2) is 6.34. The number of hydrogen-bond acceptors (Lipinski definition) is 4. The first-order chi connectivity index (χ1) is 13.5. The molecule has 2 N–H and O–H groups in total. The average Bonchev–Trinajstić information content (AvgIpc) is 3.44. The van der Waals surface area contributed by atoms with E-state index in [0.717, 1.165) is 46.3 Å². The molecule has 1 atom stereocenters. The largest absolute Gasteiger partial charge is 0.361 e. The van der Waals surface area contributed by atoms with Gasteiger partial charge in [-0.1, -0.05) is 23.7 Å². The maximum absolute atomic E-state index is 13.3. The van der Waals surface area contributed by atoms with Crippen LogP contribution in [0.1, 0.15) is 43.1 Å². The fourth-order valence-electron chi connectivity index (χ4n) is 3.90. The van der Waals surface area contributed by atoms with E-state index in [-0.39, 0.29) is 17.6 Å². The topological polar surface area (TPSA) is 75.6 Å². The van der Waals surface area contributed by atoms with E-state index in [2.05, 4.69) is 33.3 Å². The van der Waals surface area contributed by atoms with Crippen molar-refractivity contribution in [2.45, 2.75) is 38.8 Å². The van der Waals surface area contributed by atoms with Crippen LogP contribution in [0, 0.1) is 6.92 Å². The number of nitrogens with one attached hydrogen (secondary N) is 2. The Kier molecular flexibility index (Phi) is 3.91. The van der Waals surface area contributed by atoms with Crippen LogP contribution in [0.2, 0.25) is 5.02 Å². The summed E-state index contributed by atoms with van der Waals surface area (Å²) in [5.74, 6) is 0.761. The van der Waals surface area contributed by atoms with E-state index >= 15 is 0 Å². The zero-order valence-corrected chi connectivity index (χ0v) is 16.4. The van der Waals surface area contributed by atoms with Crippen molar-refractivity contribution in [3.8, 4) is 0 Å². The molecule has 0 spiro atoms. The molecule has 1 saturated carbocycles. The number of aromatic amines is 1. The molecule has 1 aromatic carbocycles. The Labute approximate surface area is 166 Å². The number of anilines is 1. The fraction of sp³-hybridized carbons (Fsp3) is 0.286. The number of nitrogens with zero attached hydrogens (tertiary/aromatic N) is 3. The normalized spacial score (nSPS) is 15.2. The standard InChI is InChI=1S/C21H20ClN5O/c1-11-9-23-19-17(11)20(25-10-24-19)26-12(2)16-8-13-4-3-5-15(22)18(13)21(28)27(16)14-6-7-14/h3-5,8-10,12,14H,6-7H2,1-2H3,(H2,23,24,25,26). The molecule has 6 nitrogen and oxygen atoms in total. The van der Waals surface area contributed by atoms with E-state index in [9.17, 15) is 4.79 Å². The Bertz CT molecular complexity index is 1270. The van der Waals surface area contributed by atoms with Gasteiger partial charge in [0.25, 0.3) is 5.56 Å². The number of pyridine rings is 1. The smallest absolute Gasteiger partial charge is 0.260 e. The van der Waals surface area contributed by atoms with Gasteiger partial charge in [-0.25, -0.2) is 9.97 Å². The van der Waals surface area contributed by atoms with Gasteiger partial charge in [0.05, 0.1) is 21.8 Å². The van der Waals surface area contributed by atoms with Crippen molar-refractivity contribution >= 4 is 39.2 Å². The summed E-state index contributed by atoms with van der Waals surface area (Å²) in [6.45, 7) is 4.08. The molecule has 1 fully saturated rings. The van der Waals surface area contributed by atoms with E-state index in [1.165, 1.54) is 0 Å². The quantitative estimate of drug-likeness (QED) is 0.525. The first kappa shape index (κ1) is 17.3. The molecule has 3 heterocycles. The predicted octanol–water partition coefficient (Wildman–Crippen LogP) is 4.74. The van der Waals surface area contributed by atoms with Crippen LogP contribution >= 0.6 is 11.6 Å². The second-order valence-corrected chi connectivity index (χ2v) is 7.87. The lowest BCUT2D eigenvalue weighted by atomic mass is 10.1. The number of rotatable bonds is 4. The highest BCUT2D eigenvalue weighted by Crippen LogP contribution is 2.38. The van der Waals surface area contributed by atoms with Crippen molar-refractivity contribution in [2.75, 3.05) is 5.32 Å². The fourth-order valence-corrected chi connectivity index (χ4v) is 4.16. The molecule has 0 aliphatic heterocycles. The Morgan fingerprint density at radius 2 is 2.11 bits per heavy atom. The summed E-state index contributed by atoms with van der Waals surface area (Å²) in [5.41, 5.74) is 2.81. The van der Waals surface area contributed by atoms with E-state index in [1.807, 2.05) is 29.8 Å². The van der Waals surface area contributed by atoms with Crippen LogP contribution in [0.15, 0.2) is 41.6 Å². The van der Waals surface area contributed by atoms with Crippen LogP contribution in [0.25, 0.3) is 21.8 Å². The number of fused-ring (bicyclic) bond motifs is 2. The van der Waals surface area contributed by atoms with Gasteiger partial charge in [-0.2, -0.15) is 0 Å². The van der Waals surface area contributed by atoms with E-state index < -0.39 is 0 Å². The van der Waals surface area contributed by atoms with Gasteiger partial charge in [-0.05, 0) is 49.8 Å². The van der Waals surface area contributed by atoms with E-state index in [0.29, 0.717) is 10.4 Å². The minimum Gasteiger partial charge on any atom is -0.361 e. The van der Waals surface area contributed by atoms with Gasteiger partial charge in [0.2, 0.25) is 0 Å². The Morgan fingerprint density at radius 1 is 1.29 bits per heavy atom. The monoisotopic (exact) mass is 393 g/mol. The number of halogens is 1. The summed E-state index contributed by atoms with van der Waals surface area (Å²) in [5, 5.41) is 6.43. The van der Waals surface area contributed by atoms with Gasteiger partial charge in [-0.3, -0.25) is 4.79 Å². The molecular weight excluding hydrogens is 374 g/mol. The van der Waals surface area contributed by atoms with Crippen molar-refractivity contribution in [3.63, 3.8) is 0 Å². The molecule has 1 aliphatic carbocycles. The molecule has 0 bridgehead atoms. The Morgan fingerprint density at radius 3 is 2.89 bits per heavy atom. The lowest BCUT2D eigenvalue weighted by Crippen LogP contribution is -2.26. The molecule has 28 heavy (non-hydrogen) atoms. The molecule has 1 aliphatic rings. The predicted molar refractivity (Wildman–Crippen MR) is 112 cm³/mol. The molecule has 0 saturated heterocycles. The van der Waals surface area contributed by atoms with Crippen LogP contribution in [0.4, 0.5) is 5.82 Å². The number of aromatic nitrogens is 4. The van der Waals surface area contributed by atoms with Gasteiger partial charge in [0.1, 0.15) is 17.8 Å². The lowest BCUT2D eigenvalue weighted by Gasteiger charge is -2.21. The minimum absolute atomic E-state index is 0.0140. The van der Waals surface area contributed by atoms with Crippen LogP contribution in [-0.2, 0) is 0 Å². The van der Waals surface area contributed by atoms with E-state index in [1.54, 1.807) is 12.4 Å². The third-order valence-corrected chi connectivity index (χ3v) is 5.75. The lowest BCUT2D eigenvalue weighted by molar-refractivity contribution is 0.636. The van der Waals surface area contributed by atoms with Crippen LogP contribution in [0.3, 0.4) is 0 Å². The highest BCUT2D eigenvalue weighted by atomic mass is 35.5. The van der Waals surface area contributed by atoms with Gasteiger partial charge in [0.15, 0.2) is 0 Å². The van der Waals surface area contributed by atoms with E-state index in [4.69, 9.17) is 11.6 Å². The Balaban J connectivity index is 1.65. The molecule has 4 aromatic rings. The molecule has 5 rings (SSSR count). The first-order valence-electron chi connectivity index (χ1n) is 9.43. The molecule has 142 valence electrons. The van der Waals surface area contributed by atoms with Crippen molar-refractivity contribution in [3.05, 3.63) is 63.4 Å². The van der Waals surface area contributed by atoms with Gasteiger partial charge in [0, 0.05) is 17.9 Å². The Hall–Kier alpha value is -2.86. The maximum Gasteiger partial charge on any atom is 0.260 e. The third-order valence-electron chi connectivity index (χ3n) is 5.44. The van der Waals surface area contributed by atoms with Crippen molar-refractivity contribution < 1.29 is 0 Å². The van der Waals surface area contributed by atoms with Crippen LogP contribution < -0.4 is 10.9 Å². The molecule has 0 radical (unpaired) electrons. The summed E-state index contributed by atoms with van der Waals surface area (Å²) in [4.78, 5) is 25.1. The molecule has 1 unspecified atom stereocenters. The van der Waals surface area contributed by atoms with Crippen LogP contribution in [0.5, 0.6) is 0 Å². The highest BCUT2D eigenvalue weighted by Gasteiger charge is 2.29. The highest BCUT2D eigenvalue weighted by molar-refractivity contribution is 6.35. The van der Waals surface area contributed by atoms with Crippen molar-refractivity contribution in [1.29, 1.82) is 0 Å². The molecule has 0 amide bonds. The summed E-state index contributed by atoms with van der Waals surface area (Å²) >= 11 is 6.34. The zero-order valence-electron chi connectivity index (χ0n) is 15.7. The maximum atomic E-state index is 13.3. The van der Waals surface area contributed by atoms with Crippen LogP contribution in [-0.4, -0.2) is 19.5 Å². The summed E-state index contributed by atoms with van der Waals surface area (Å²) in [7, 11) is 0.